The number of nitrogens with one attached hydrogen (secondary N) is 1. The standard InChI is InChI=1S/C30H32N2O8/c1-16(2)28(35)40-26-18(4)39-30(37)23(15-38-29(36)21(26)14-19-10-6-5-7-11-19)32-27(34)24-20-12-8-9-13-22(20)31-17(3)25(24)33/h5-13,16,18,21,23,26,33H,14-15H2,1-4H3,(H,32,34)/t18-,21+,23-,26-/m0/s1. The van der Waals surface area contributed by atoms with Crippen molar-refractivity contribution in [3.63, 3.8) is 0 Å². The molecule has 0 radical (unpaired) electrons. The van der Waals surface area contributed by atoms with Gasteiger partial charge in [-0.25, -0.2) is 9.78 Å². The van der Waals surface area contributed by atoms with E-state index in [1.807, 2.05) is 30.3 Å². The number of ether oxygens (including phenoxy) is 3. The zero-order chi connectivity index (χ0) is 29.0. The smallest absolute Gasteiger partial charge is 0.332 e. The molecule has 4 atom stereocenters. The molecule has 0 unspecified atom stereocenters. The molecule has 1 saturated heterocycles. The molecule has 0 saturated carbocycles. The lowest BCUT2D eigenvalue weighted by Gasteiger charge is -2.29. The largest absolute Gasteiger partial charge is 0.505 e. The molecule has 2 heterocycles. The lowest BCUT2D eigenvalue weighted by molar-refractivity contribution is -0.176. The molecule has 3 aromatic rings. The minimum absolute atomic E-state index is 0.0687. The van der Waals surface area contributed by atoms with Gasteiger partial charge in [-0.1, -0.05) is 62.4 Å². The minimum Gasteiger partial charge on any atom is -0.505 e. The predicted molar refractivity (Wildman–Crippen MR) is 144 cm³/mol. The summed E-state index contributed by atoms with van der Waals surface area (Å²) >= 11 is 0. The quantitative estimate of drug-likeness (QED) is 0.351. The highest BCUT2D eigenvalue weighted by atomic mass is 16.6. The number of benzene rings is 2. The summed E-state index contributed by atoms with van der Waals surface area (Å²) in [4.78, 5) is 56.8. The van der Waals surface area contributed by atoms with E-state index >= 15 is 0 Å². The van der Waals surface area contributed by atoms with Crippen LogP contribution in [0.4, 0.5) is 0 Å². The number of nitrogens with zero attached hydrogens (tertiary/aromatic N) is 1. The Morgan fingerprint density at radius 2 is 1.75 bits per heavy atom. The minimum atomic E-state index is -1.39. The number of aromatic hydroxyl groups is 1. The number of carbonyl (C=O) groups is 4. The predicted octanol–water partition coefficient (Wildman–Crippen LogP) is 3.26. The van der Waals surface area contributed by atoms with Gasteiger partial charge in [0.15, 0.2) is 12.1 Å². The highest BCUT2D eigenvalue weighted by Gasteiger charge is 2.42. The molecule has 1 aliphatic heterocycles. The summed E-state index contributed by atoms with van der Waals surface area (Å²) in [6.07, 6.45) is -1.99. The lowest BCUT2D eigenvalue weighted by Crippen LogP contribution is -2.46. The maximum absolute atomic E-state index is 13.4. The van der Waals surface area contributed by atoms with E-state index in [1.54, 1.807) is 45.0 Å². The fraction of sp³-hybridized carbons (Fsp3) is 0.367. The van der Waals surface area contributed by atoms with E-state index in [4.69, 9.17) is 14.2 Å². The molecule has 1 aliphatic rings. The summed E-state index contributed by atoms with van der Waals surface area (Å²) in [7, 11) is 0. The highest BCUT2D eigenvalue weighted by Crippen LogP contribution is 2.29. The SMILES string of the molecule is Cc1nc2ccccc2c(C(=O)N[C@H]2COC(=O)[C@H](Cc3ccccc3)[C@@H](OC(=O)C(C)C)[C@H](C)OC2=O)c1O. The van der Waals surface area contributed by atoms with Crippen LogP contribution in [0.15, 0.2) is 54.6 Å². The summed E-state index contributed by atoms with van der Waals surface area (Å²) < 4.78 is 16.8. The van der Waals surface area contributed by atoms with E-state index in [0.717, 1.165) is 5.56 Å². The first-order valence-corrected chi connectivity index (χ1v) is 13.1. The Morgan fingerprint density at radius 1 is 1.07 bits per heavy atom. The van der Waals surface area contributed by atoms with Crippen molar-refractivity contribution in [1.29, 1.82) is 0 Å². The van der Waals surface area contributed by atoms with Crippen LogP contribution in [-0.4, -0.2) is 58.8 Å². The number of amides is 1. The first kappa shape index (κ1) is 28.5. The number of cyclic esters (lactones) is 2. The summed E-state index contributed by atoms with van der Waals surface area (Å²) in [5, 5.41) is 13.6. The van der Waals surface area contributed by atoms with Crippen LogP contribution in [-0.2, 0) is 35.0 Å². The van der Waals surface area contributed by atoms with Crippen LogP contribution in [0, 0.1) is 18.8 Å². The number of aromatic nitrogens is 1. The zero-order valence-corrected chi connectivity index (χ0v) is 22.7. The molecule has 10 nitrogen and oxygen atoms in total. The zero-order valence-electron chi connectivity index (χ0n) is 22.7. The summed E-state index contributed by atoms with van der Waals surface area (Å²) in [5.41, 5.74) is 1.45. The van der Waals surface area contributed by atoms with Gasteiger partial charge in [0, 0.05) is 5.39 Å². The second-order valence-corrected chi connectivity index (χ2v) is 10.1. The van der Waals surface area contributed by atoms with Crippen LogP contribution in [0.3, 0.4) is 0 Å². The number of pyridine rings is 1. The van der Waals surface area contributed by atoms with Crippen LogP contribution in [0.5, 0.6) is 5.75 Å². The molecule has 1 amide bonds. The van der Waals surface area contributed by atoms with Crippen molar-refractivity contribution in [1.82, 2.24) is 10.3 Å². The van der Waals surface area contributed by atoms with Crippen molar-refractivity contribution in [3.05, 3.63) is 71.4 Å². The molecule has 2 N–H and O–H groups in total. The third-order valence-electron chi connectivity index (χ3n) is 6.74. The monoisotopic (exact) mass is 548 g/mol. The number of esters is 3. The second kappa shape index (κ2) is 12.1. The van der Waals surface area contributed by atoms with Crippen molar-refractivity contribution in [2.24, 2.45) is 11.8 Å². The van der Waals surface area contributed by atoms with Gasteiger partial charge < -0.3 is 24.6 Å². The Balaban J connectivity index is 1.63. The number of hydrogen-bond donors (Lipinski definition) is 2. The number of fused-ring (bicyclic) bond motifs is 1. The molecule has 0 aliphatic carbocycles. The molecule has 210 valence electrons. The van der Waals surface area contributed by atoms with Crippen LogP contribution >= 0.6 is 0 Å². The molecule has 1 fully saturated rings. The summed E-state index contributed by atoms with van der Waals surface area (Å²) in [6.45, 7) is 5.88. The van der Waals surface area contributed by atoms with E-state index in [9.17, 15) is 24.3 Å². The number of carbonyl (C=O) groups excluding carboxylic acids is 4. The molecule has 1 aromatic heterocycles. The van der Waals surface area contributed by atoms with Gasteiger partial charge in [0.05, 0.1) is 22.7 Å². The Labute approximate surface area is 231 Å². The van der Waals surface area contributed by atoms with Gasteiger partial charge in [0.1, 0.15) is 24.4 Å². The average molecular weight is 549 g/mol. The van der Waals surface area contributed by atoms with Gasteiger partial charge in [0.2, 0.25) is 0 Å². The molecule has 2 aromatic carbocycles. The maximum Gasteiger partial charge on any atom is 0.332 e. The fourth-order valence-electron chi connectivity index (χ4n) is 4.54. The van der Waals surface area contributed by atoms with Gasteiger partial charge in [-0.05, 0) is 31.9 Å². The Kier molecular flexibility index (Phi) is 8.67. The third kappa shape index (κ3) is 6.22. The van der Waals surface area contributed by atoms with Crippen LogP contribution in [0.1, 0.15) is 42.4 Å². The molecule has 4 rings (SSSR count). The first-order chi connectivity index (χ1) is 19.1. The number of aryl methyl sites for hydroxylation is 1. The van der Waals surface area contributed by atoms with Gasteiger partial charge in [-0.15, -0.1) is 0 Å². The van der Waals surface area contributed by atoms with Crippen molar-refractivity contribution < 1.29 is 38.5 Å². The number of para-hydroxylation sites is 1. The average Bonchev–Trinajstić information content (AvgIpc) is 2.96. The fourth-order valence-corrected chi connectivity index (χ4v) is 4.54. The maximum atomic E-state index is 13.4. The van der Waals surface area contributed by atoms with Gasteiger partial charge in [-0.3, -0.25) is 14.4 Å². The number of rotatable bonds is 6. The first-order valence-electron chi connectivity index (χ1n) is 13.1. The van der Waals surface area contributed by atoms with Crippen molar-refractivity contribution in [2.45, 2.75) is 52.4 Å². The summed E-state index contributed by atoms with van der Waals surface area (Å²) in [5.74, 6) is -4.70. The van der Waals surface area contributed by atoms with Gasteiger partial charge in [0.25, 0.3) is 5.91 Å². The second-order valence-electron chi connectivity index (χ2n) is 10.1. The van der Waals surface area contributed by atoms with Gasteiger partial charge >= 0.3 is 17.9 Å². The third-order valence-corrected chi connectivity index (χ3v) is 6.74. The van der Waals surface area contributed by atoms with E-state index in [1.165, 1.54) is 6.92 Å². The van der Waals surface area contributed by atoms with E-state index in [2.05, 4.69) is 10.3 Å². The normalized spacial score (nSPS) is 21.5. The van der Waals surface area contributed by atoms with Crippen molar-refractivity contribution in [3.8, 4) is 5.75 Å². The lowest BCUT2D eigenvalue weighted by atomic mass is 9.91. The van der Waals surface area contributed by atoms with Crippen molar-refractivity contribution in [2.75, 3.05) is 6.61 Å². The van der Waals surface area contributed by atoms with Crippen LogP contribution in [0.25, 0.3) is 10.9 Å². The van der Waals surface area contributed by atoms with Crippen LogP contribution in [0.2, 0.25) is 0 Å². The topological polar surface area (TPSA) is 141 Å². The van der Waals surface area contributed by atoms with Crippen molar-refractivity contribution >= 4 is 34.7 Å². The molecule has 10 heteroatoms. The highest BCUT2D eigenvalue weighted by molar-refractivity contribution is 6.09. The molecular weight excluding hydrogens is 516 g/mol. The van der Waals surface area contributed by atoms with E-state index in [0.29, 0.717) is 10.9 Å². The van der Waals surface area contributed by atoms with E-state index < -0.39 is 60.5 Å². The molecular formula is C30H32N2O8. The number of hydrogen-bond acceptors (Lipinski definition) is 9. The van der Waals surface area contributed by atoms with E-state index in [-0.39, 0.29) is 23.4 Å². The molecule has 0 bridgehead atoms. The summed E-state index contributed by atoms with van der Waals surface area (Å²) in [6, 6.07) is 14.5. The Hall–Kier alpha value is -4.47. The molecule has 40 heavy (non-hydrogen) atoms. The molecule has 0 spiro atoms. The Morgan fingerprint density at radius 3 is 2.45 bits per heavy atom. The van der Waals surface area contributed by atoms with Crippen LogP contribution < -0.4 is 5.32 Å². The van der Waals surface area contributed by atoms with Gasteiger partial charge in [-0.2, -0.15) is 0 Å². The Bertz CT molecular complexity index is 1420.